The standard InChI is InChI=1S/C26H14Cl2N2OS/c27-21-6-3-7-22(28)25(21)24-11-10-20(31-24)13-19(14-29)26-30-23(15-32-26)18-9-8-16-4-1-2-5-17(16)12-18/h1-13,15H/b19-13+. The molecule has 3 aromatic carbocycles. The molecule has 0 saturated carbocycles. The second-order valence-electron chi connectivity index (χ2n) is 7.07. The van der Waals surface area contributed by atoms with Crippen LogP contribution in [0.4, 0.5) is 0 Å². The van der Waals surface area contributed by atoms with E-state index in [9.17, 15) is 5.26 Å². The number of rotatable bonds is 4. The van der Waals surface area contributed by atoms with Crippen LogP contribution in [0.1, 0.15) is 10.8 Å². The normalized spacial score (nSPS) is 11.6. The smallest absolute Gasteiger partial charge is 0.137 e. The van der Waals surface area contributed by atoms with E-state index >= 15 is 0 Å². The first-order valence-corrected chi connectivity index (χ1v) is 11.4. The molecule has 0 radical (unpaired) electrons. The van der Waals surface area contributed by atoms with E-state index in [4.69, 9.17) is 32.6 Å². The van der Waals surface area contributed by atoms with Crippen LogP contribution in [-0.4, -0.2) is 4.98 Å². The molecule has 32 heavy (non-hydrogen) atoms. The highest BCUT2D eigenvalue weighted by Gasteiger charge is 2.14. The van der Waals surface area contributed by atoms with Gasteiger partial charge in [0.25, 0.3) is 0 Å². The first-order valence-electron chi connectivity index (χ1n) is 9.73. The van der Waals surface area contributed by atoms with E-state index in [1.54, 1.807) is 36.4 Å². The average molecular weight is 473 g/mol. The number of nitriles is 1. The average Bonchev–Trinajstić information content (AvgIpc) is 3.47. The van der Waals surface area contributed by atoms with Gasteiger partial charge >= 0.3 is 0 Å². The Morgan fingerprint density at radius 2 is 1.72 bits per heavy atom. The van der Waals surface area contributed by atoms with Crippen LogP contribution >= 0.6 is 34.5 Å². The van der Waals surface area contributed by atoms with Crippen molar-refractivity contribution < 1.29 is 4.42 Å². The summed E-state index contributed by atoms with van der Waals surface area (Å²) >= 11 is 14.0. The lowest BCUT2D eigenvalue weighted by Crippen LogP contribution is -1.83. The van der Waals surface area contributed by atoms with Gasteiger partial charge in [0.05, 0.1) is 26.9 Å². The van der Waals surface area contributed by atoms with Crippen LogP contribution in [0.3, 0.4) is 0 Å². The topological polar surface area (TPSA) is 49.8 Å². The van der Waals surface area contributed by atoms with Crippen molar-refractivity contribution in [3.8, 4) is 28.7 Å². The molecule has 154 valence electrons. The monoisotopic (exact) mass is 472 g/mol. The fourth-order valence-electron chi connectivity index (χ4n) is 3.46. The van der Waals surface area contributed by atoms with Crippen molar-refractivity contribution >= 4 is 57.0 Å². The third kappa shape index (κ3) is 3.94. The molecule has 0 fully saturated rings. The minimum absolute atomic E-state index is 0.424. The van der Waals surface area contributed by atoms with Crippen LogP contribution in [0, 0.1) is 11.3 Å². The van der Waals surface area contributed by atoms with Crippen molar-refractivity contribution in [2.75, 3.05) is 0 Å². The highest BCUT2D eigenvalue weighted by Crippen LogP contribution is 2.36. The summed E-state index contributed by atoms with van der Waals surface area (Å²) < 4.78 is 5.91. The number of hydrogen-bond donors (Lipinski definition) is 0. The van der Waals surface area contributed by atoms with Gasteiger partial charge in [0, 0.05) is 17.0 Å². The number of thiazole rings is 1. The van der Waals surface area contributed by atoms with Crippen molar-refractivity contribution in [2.45, 2.75) is 0 Å². The van der Waals surface area contributed by atoms with Crippen LogP contribution in [0.15, 0.2) is 82.6 Å². The zero-order valence-electron chi connectivity index (χ0n) is 16.5. The third-order valence-corrected chi connectivity index (χ3v) is 6.53. The van der Waals surface area contributed by atoms with E-state index in [0.717, 1.165) is 16.6 Å². The van der Waals surface area contributed by atoms with Gasteiger partial charge in [0.15, 0.2) is 0 Å². The van der Waals surface area contributed by atoms with E-state index < -0.39 is 0 Å². The predicted molar refractivity (Wildman–Crippen MR) is 133 cm³/mol. The molecular formula is C26H14Cl2N2OS. The molecule has 0 bridgehead atoms. The van der Waals surface area contributed by atoms with Gasteiger partial charge in [-0.05, 0) is 41.1 Å². The number of halogens is 2. The predicted octanol–water partition coefficient (Wildman–Crippen LogP) is 8.59. The van der Waals surface area contributed by atoms with Crippen LogP contribution in [0.5, 0.6) is 0 Å². The van der Waals surface area contributed by atoms with Crippen LogP contribution < -0.4 is 0 Å². The van der Waals surface area contributed by atoms with Gasteiger partial charge in [-0.3, -0.25) is 0 Å². The molecule has 5 aromatic rings. The Morgan fingerprint density at radius 3 is 2.50 bits per heavy atom. The molecule has 0 N–H and O–H groups in total. The molecule has 5 rings (SSSR count). The Bertz CT molecular complexity index is 1500. The molecule has 2 heterocycles. The minimum Gasteiger partial charge on any atom is -0.457 e. The number of benzene rings is 3. The lowest BCUT2D eigenvalue weighted by atomic mass is 10.1. The fourth-order valence-corrected chi connectivity index (χ4v) is 4.84. The first kappa shape index (κ1) is 20.5. The highest BCUT2D eigenvalue weighted by atomic mass is 35.5. The SMILES string of the molecule is N#C/C(=C\c1ccc(-c2c(Cl)cccc2Cl)o1)c1nc(-c2ccc3ccccc3c2)cs1. The van der Waals surface area contributed by atoms with Gasteiger partial charge in [-0.15, -0.1) is 11.3 Å². The lowest BCUT2D eigenvalue weighted by Gasteiger charge is -2.02. The molecule has 0 amide bonds. The van der Waals surface area contributed by atoms with E-state index in [1.807, 2.05) is 23.6 Å². The summed E-state index contributed by atoms with van der Waals surface area (Å²) in [5.74, 6) is 1.06. The summed E-state index contributed by atoms with van der Waals surface area (Å²) in [6.45, 7) is 0. The summed E-state index contributed by atoms with van der Waals surface area (Å²) in [4.78, 5) is 4.69. The third-order valence-electron chi connectivity index (χ3n) is 5.02. The van der Waals surface area contributed by atoms with Crippen molar-refractivity contribution in [3.63, 3.8) is 0 Å². The van der Waals surface area contributed by atoms with Crippen LogP contribution in [0.25, 0.3) is 45.0 Å². The second-order valence-corrected chi connectivity index (χ2v) is 8.74. The van der Waals surface area contributed by atoms with Gasteiger partial charge in [0.2, 0.25) is 0 Å². The number of nitrogens with zero attached hydrogens (tertiary/aromatic N) is 2. The molecule has 0 aliphatic rings. The summed E-state index contributed by atoms with van der Waals surface area (Å²) in [6, 6.07) is 25.5. The second kappa shape index (κ2) is 8.64. The van der Waals surface area contributed by atoms with Crippen molar-refractivity contribution in [1.82, 2.24) is 4.98 Å². The van der Waals surface area contributed by atoms with Gasteiger partial charge in [0.1, 0.15) is 22.6 Å². The minimum atomic E-state index is 0.424. The first-order chi connectivity index (χ1) is 15.6. The molecule has 0 aliphatic carbocycles. The maximum atomic E-state index is 9.74. The van der Waals surface area contributed by atoms with E-state index in [1.165, 1.54) is 16.7 Å². The van der Waals surface area contributed by atoms with Crippen LogP contribution in [0.2, 0.25) is 10.0 Å². The van der Waals surface area contributed by atoms with E-state index in [0.29, 0.717) is 37.7 Å². The highest BCUT2D eigenvalue weighted by molar-refractivity contribution is 7.11. The number of aromatic nitrogens is 1. The van der Waals surface area contributed by atoms with Gasteiger partial charge in [-0.2, -0.15) is 5.26 Å². The Balaban J connectivity index is 1.47. The van der Waals surface area contributed by atoms with E-state index in [2.05, 4.69) is 30.3 Å². The molecule has 0 atom stereocenters. The maximum absolute atomic E-state index is 9.74. The molecule has 0 aliphatic heterocycles. The summed E-state index contributed by atoms with van der Waals surface area (Å²) in [5, 5.41) is 15.7. The molecule has 0 saturated heterocycles. The molecule has 0 unspecified atom stereocenters. The molecule has 6 heteroatoms. The van der Waals surface area contributed by atoms with Gasteiger partial charge in [-0.1, -0.05) is 65.7 Å². The zero-order chi connectivity index (χ0) is 22.1. The quantitative estimate of drug-likeness (QED) is 0.246. The Labute approximate surface area is 198 Å². The van der Waals surface area contributed by atoms with Gasteiger partial charge in [-0.25, -0.2) is 4.98 Å². The zero-order valence-corrected chi connectivity index (χ0v) is 18.9. The largest absolute Gasteiger partial charge is 0.457 e. The summed E-state index contributed by atoms with van der Waals surface area (Å²) in [7, 11) is 0. The molecular weight excluding hydrogens is 459 g/mol. The van der Waals surface area contributed by atoms with E-state index in [-0.39, 0.29) is 0 Å². The molecule has 0 spiro atoms. The Hall–Kier alpha value is -3.36. The maximum Gasteiger partial charge on any atom is 0.137 e. The van der Waals surface area contributed by atoms with Crippen molar-refractivity contribution in [1.29, 1.82) is 5.26 Å². The van der Waals surface area contributed by atoms with Crippen LogP contribution in [-0.2, 0) is 0 Å². The Kier molecular flexibility index (Phi) is 5.55. The number of furan rings is 1. The lowest BCUT2D eigenvalue weighted by molar-refractivity contribution is 0.572. The number of fused-ring (bicyclic) bond motifs is 1. The number of allylic oxidation sites excluding steroid dienone is 1. The number of hydrogen-bond acceptors (Lipinski definition) is 4. The van der Waals surface area contributed by atoms with Crippen molar-refractivity contribution in [3.05, 3.63) is 99.0 Å². The van der Waals surface area contributed by atoms with Crippen molar-refractivity contribution in [2.24, 2.45) is 0 Å². The molecule has 2 aromatic heterocycles. The summed E-state index contributed by atoms with van der Waals surface area (Å²) in [5.41, 5.74) is 2.90. The van der Waals surface area contributed by atoms with Gasteiger partial charge < -0.3 is 4.42 Å². The Morgan fingerprint density at radius 1 is 0.938 bits per heavy atom. The summed E-state index contributed by atoms with van der Waals surface area (Å²) in [6.07, 6.45) is 1.68. The fraction of sp³-hybridized carbons (Fsp3) is 0. The molecule has 3 nitrogen and oxygen atoms in total.